The summed E-state index contributed by atoms with van der Waals surface area (Å²) in [6.45, 7) is 2.55. The molecule has 2 rings (SSSR count). The highest BCUT2D eigenvalue weighted by Crippen LogP contribution is 2.09. The highest BCUT2D eigenvalue weighted by Gasteiger charge is 2.13. The summed E-state index contributed by atoms with van der Waals surface area (Å²) >= 11 is 3.36. The van der Waals surface area contributed by atoms with Gasteiger partial charge < -0.3 is 10.1 Å². The zero-order chi connectivity index (χ0) is 9.80. The van der Waals surface area contributed by atoms with E-state index in [-0.39, 0.29) is 0 Å². The summed E-state index contributed by atoms with van der Waals surface area (Å²) in [5, 5.41) is 3.41. The lowest BCUT2D eigenvalue weighted by atomic mass is 10.1. The molecular weight excluding hydrogens is 244 g/mol. The van der Waals surface area contributed by atoms with Crippen molar-refractivity contribution >= 4 is 15.9 Å². The van der Waals surface area contributed by atoms with Gasteiger partial charge in [0.15, 0.2) is 0 Å². The number of morpholine rings is 1. The van der Waals surface area contributed by atoms with Gasteiger partial charge in [0.05, 0.1) is 13.2 Å². The van der Waals surface area contributed by atoms with Gasteiger partial charge in [-0.05, 0) is 28.1 Å². The Bertz CT molecular complexity index is 300. The summed E-state index contributed by atoms with van der Waals surface area (Å²) < 4.78 is 6.28. The van der Waals surface area contributed by atoms with E-state index in [2.05, 4.69) is 26.2 Å². The summed E-state index contributed by atoms with van der Waals surface area (Å²) in [6, 6.07) is 6.40. The molecule has 2 heterocycles. The number of ether oxygens (including phenoxy) is 1. The quantitative estimate of drug-likeness (QED) is 0.813. The van der Waals surface area contributed by atoms with Crippen LogP contribution in [-0.2, 0) is 11.2 Å². The lowest BCUT2D eigenvalue weighted by Crippen LogP contribution is -2.42. The molecule has 3 nitrogen and oxygen atoms in total. The zero-order valence-corrected chi connectivity index (χ0v) is 9.46. The Kier molecular flexibility index (Phi) is 3.50. The monoisotopic (exact) mass is 256 g/mol. The summed E-state index contributed by atoms with van der Waals surface area (Å²) in [6.07, 6.45) is 0.930. The minimum absolute atomic E-state index is 0.408. The molecule has 14 heavy (non-hydrogen) atoms. The minimum Gasteiger partial charge on any atom is -0.379 e. The molecule has 1 aromatic rings. The predicted molar refractivity (Wildman–Crippen MR) is 58.3 cm³/mol. The normalized spacial score (nSPS) is 22.2. The lowest BCUT2D eigenvalue weighted by molar-refractivity contribution is 0.0767. The van der Waals surface area contributed by atoms with Crippen molar-refractivity contribution in [3.63, 3.8) is 0 Å². The van der Waals surface area contributed by atoms with Gasteiger partial charge in [-0.3, -0.25) is 0 Å². The fourth-order valence-corrected chi connectivity index (χ4v) is 1.95. The van der Waals surface area contributed by atoms with Crippen molar-refractivity contribution in [2.45, 2.75) is 12.5 Å². The molecule has 1 atom stereocenters. The third-order valence-electron chi connectivity index (χ3n) is 2.23. The first-order valence-electron chi connectivity index (χ1n) is 4.77. The van der Waals surface area contributed by atoms with Gasteiger partial charge in [0.1, 0.15) is 4.60 Å². The number of rotatable bonds is 2. The fourth-order valence-electron chi connectivity index (χ4n) is 1.57. The number of halogens is 1. The maximum atomic E-state index is 5.38. The summed E-state index contributed by atoms with van der Waals surface area (Å²) in [5.74, 6) is 0. The van der Waals surface area contributed by atoms with Gasteiger partial charge in [-0.25, -0.2) is 4.98 Å². The van der Waals surface area contributed by atoms with Gasteiger partial charge in [-0.15, -0.1) is 0 Å². The number of hydrogen-bond acceptors (Lipinski definition) is 3. The zero-order valence-electron chi connectivity index (χ0n) is 7.87. The Morgan fingerprint density at radius 1 is 1.57 bits per heavy atom. The van der Waals surface area contributed by atoms with E-state index in [0.29, 0.717) is 6.04 Å². The molecule has 0 spiro atoms. The van der Waals surface area contributed by atoms with Crippen molar-refractivity contribution in [3.05, 3.63) is 28.5 Å². The van der Waals surface area contributed by atoms with E-state index in [1.165, 1.54) is 0 Å². The number of aromatic nitrogens is 1. The molecule has 1 unspecified atom stereocenters. The van der Waals surface area contributed by atoms with Crippen LogP contribution in [0.2, 0.25) is 0 Å². The standard InChI is InChI=1S/C10H13BrN2O/c11-10-3-1-2-8(13-10)6-9-7-14-5-4-12-9/h1-3,9,12H,4-7H2. The molecule has 0 bridgehead atoms. The van der Waals surface area contributed by atoms with Gasteiger partial charge in [0, 0.05) is 24.7 Å². The molecule has 76 valence electrons. The number of nitrogens with one attached hydrogen (secondary N) is 1. The highest BCUT2D eigenvalue weighted by atomic mass is 79.9. The molecule has 0 aliphatic carbocycles. The topological polar surface area (TPSA) is 34.1 Å². The summed E-state index contributed by atoms with van der Waals surface area (Å²) in [7, 11) is 0. The first-order valence-corrected chi connectivity index (χ1v) is 5.56. The van der Waals surface area contributed by atoms with Crippen LogP contribution in [0.1, 0.15) is 5.69 Å². The van der Waals surface area contributed by atoms with E-state index in [1.807, 2.05) is 18.2 Å². The molecular formula is C10H13BrN2O. The van der Waals surface area contributed by atoms with Crippen molar-refractivity contribution in [2.75, 3.05) is 19.8 Å². The molecule has 0 radical (unpaired) electrons. The number of pyridine rings is 1. The molecule has 1 aliphatic rings. The molecule has 0 amide bonds. The van der Waals surface area contributed by atoms with Crippen LogP contribution < -0.4 is 5.32 Å². The van der Waals surface area contributed by atoms with Crippen molar-refractivity contribution in [1.29, 1.82) is 0 Å². The van der Waals surface area contributed by atoms with Gasteiger partial charge in [-0.2, -0.15) is 0 Å². The second-order valence-electron chi connectivity index (χ2n) is 3.38. The van der Waals surface area contributed by atoms with E-state index in [0.717, 1.165) is 36.5 Å². The van der Waals surface area contributed by atoms with Crippen molar-refractivity contribution in [3.8, 4) is 0 Å². The van der Waals surface area contributed by atoms with Crippen LogP contribution in [0.15, 0.2) is 22.8 Å². The lowest BCUT2D eigenvalue weighted by Gasteiger charge is -2.23. The van der Waals surface area contributed by atoms with Gasteiger partial charge in [0.25, 0.3) is 0 Å². The van der Waals surface area contributed by atoms with Crippen LogP contribution in [0.5, 0.6) is 0 Å². The van der Waals surface area contributed by atoms with E-state index in [9.17, 15) is 0 Å². The Balaban J connectivity index is 1.95. The second-order valence-corrected chi connectivity index (χ2v) is 4.19. The van der Waals surface area contributed by atoms with E-state index in [4.69, 9.17) is 4.74 Å². The van der Waals surface area contributed by atoms with E-state index < -0.39 is 0 Å². The molecule has 1 saturated heterocycles. The summed E-state index contributed by atoms with van der Waals surface area (Å²) in [5.41, 5.74) is 1.10. The maximum Gasteiger partial charge on any atom is 0.106 e. The van der Waals surface area contributed by atoms with Crippen LogP contribution in [0.4, 0.5) is 0 Å². The molecule has 4 heteroatoms. The van der Waals surface area contributed by atoms with Crippen molar-refractivity contribution in [2.24, 2.45) is 0 Å². The first kappa shape index (κ1) is 10.1. The van der Waals surface area contributed by atoms with Crippen LogP contribution >= 0.6 is 15.9 Å². The largest absolute Gasteiger partial charge is 0.379 e. The van der Waals surface area contributed by atoms with E-state index >= 15 is 0 Å². The van der Waals surface area contributed by atoms with Crippen molar-refractivity contribution < 1.29 is 4.74 Å². The van der Waals surface area contributed by atoms with Gasteiger partial charge >= 0.3 is 0 Å². The van der Waals surface area contributed by atoms with Crippen LogP contribution in [0.25, 0.3) is 0 Å². The van der Waals surface area contributed by atoms with Crippen LogP contribution in [0, 0.1) is 0 Å². The number of nitrogens with zero attached hydrogens (tertiary/aromatic N) is 1. The van der Waals surface area contributed by atoms with Crippen molar-refractivity contribution in [1.82, 2.24) is 10.3 Å². The molecule has 1 N–H and O–H groups in total. The predicted octanol–water partition coefficient (Wildman–Crippen LogP) is 1.37. The Morgan fingerprint density at radius 2 is 2.50 bits per heavy atom. The second kappa shape index (κ2) is 4.87. The molecule has 1 fully saturated rings. The average molecular weight is 257 g/mol. The average Bonchev–Trinajstić information content (AvgIpc) is 2.19. The Hall–Kier alpha value is -0.450. The van der Waals surface area contributed by atoms with E-state index in [1.54, 1.807) is 0 Å². The Morgan fingerprint density at radius 3 is 3.21 bits per heavy atom. The summed E-state index contributed by atoms with van der Waals surface area (Å²) in [4.78, 5) is 4.39. The fraction of sp³-hybridized carbons (Fsp3) is 0.500. The minimum atomic E-state index is 0.408. The Labute approximate surface area is 92.0 Å². The SMILES string of the molecule is Brc1cccc(CC2COCCN2)n1. The smallest absolute Gasteiger partial charge is 0.106 e. The van der Waals surface area contributed by atoms with Crippen LogP contribution in [-0.4, -0.2) is 30.8 Å². The third kappa shape index (κ3) is 2.77. The van der Waals surface area contributed by atoms with Gasteiger partial charge in [0.2, 0.25) is 0 Å². The third-order valence-corrected chi connectivity index (χ3v) is 2.67. The maximum absolute atomic E-state index is 5.38. The molecule has 0 aromatic carbocycles. The highest BCUT2D eigenvalue weighted by molar-refractivity contribution is 9.10. The molecule has 1 aromatic heterocycles. The first-order chi connectivity index (χ1) is 6.84. The molecule has 1 aliphatic heterocycles. The van der Waals surface area contributed by atoms with Gasteiger partial charge in [-0.1, -0.05) is 6.07 Å². The van der Waals surface area contributed by atoms with Crippen LogP contribution in [0.3, 0.4) is 0 Å². The molecule has 0 saturated carbocycles. The number of hydrogen-bond donors (Lipinski definition) is 1.